The van der Waals surface area contributed by atoms with E-state index in [0.29, 0.717) is 0 Å². The average Bonchev–Trinajstić information content (AvgIpc) is 1.68. The molecule has 0 heterocycles. The summed E-state index contributed by atoms with van der Waals surface area (Å²) in [6.07, 6.45) is 1.42. The normalized spacial score (nSPS) is 18.1. The van der Waals surface area contributed by atoms with Crippen LogP contribution in [0.25, 0.3) is 0 Å². The van der Waals surface area contributed by atoms with Crippen LogP contribution in [0.1, 0.15) is 6.92 Å². The minimum absolute atomic E-state index is 0.233. The molecule has 0 amide bonds. The second-order valence-electron chi connectivity index (χ2n) is 1.77. The number of nitrogens with two attached hydrogens (primary N) is 1. The first-order chi connectivity index (χ1) is 3.12. The maximum Gasteiger partial charge on any atom is 0.0918 e. The summed E-state index contributed by atoms with van der Waals surface area (Å²) in [6.45, 7) is 5.22. The zero-order chi connectivity index (χ0) is 5.91. The van der Waals surface area contributed by atoms with Crippen molar-refractivity contribution < 1.29 is 5.11 Å². The van der Waals surface area contributed by atoms with Gasteiger partial charge in [0, 0.05) is 6.54 Å². The molecule has 0 aromatic carbocycles. The van der Waals surface area contributed by atoms with Crippen LogP contribution in [-0.4, -0.2) is 17.3 Å². The molecule has 0 aliphatic heterocycles. The zero-order valence-electron chi connectivity index (χ0n) is 4.52. The third kappa shape index (κ3) is 2.37. The molecule has 3 N–H and O–H groups in total. The van der Waals surface area contributed by atoms with Gasteiger partial charge < -0.3 is 10.8 Å². The van der Waals surface area contributed by atoms with E-state index in [9.17, 15) is 0 Å². The van der Waals surface area contributed by atoms with Crippen LogP contribution >= 0.6 is 0 Å². The first kappa shape index (κ1) is 6.66. The van der Waals surface area contributed by atoms with Gasteiger partial charge in [0.05, 0.1) is 5.60 Å². The van der Waals surface area contributed by atoms with Crippen molar-refractivity contribution in [3.05, 3.63) is 12.7 Å². The summed E-state index contributed by atoms with van der Waals surface area (Å²) in [5.41, 5.74) is 4.22. The average molecular weight is 101 g/mol. The molecule has 42 valence electrons. The molecule has 0 rings (SSSR count). The van der Waals surface area contributed by atoms with Crippen LogP contribution in [0.3, 0.4) is 0 Å². The second kappa shape index (κ2) is 2.09. The van der Waals surface area contributed by atoms with E-state index >= 15 is 0 Å². The largest absolute Gasteiger partial charge is 0.385 e. The number of hydrogen-bond donors (Lipinski definition) is 2. The molecule has 2 heteroatoms. The Labute approximate surface area is 43.6 Å². The Morgan fingerprint density at radius 2 is 2.43 bits per heavy atom. The lowest BCUT2D eigenvalue weighted by Crippen LogP contribution is -2.31. The van der Waals surface area contributed by atoms with E-state index in [0.717, 1.165) is 0 Å². The van der Waals surface area contributed by atoms with Gasteiger partial charge in [-0.1, -0.05) is 6.08 Å². The lowest BCUT2D eigenvalue weighted by Gasteiger charge is -2.13. The minimum atomic E-state index is -0.875. The number of rotatable bonds is 2. The van der Waals surface area contributed by atoms with Crippen molar-refractivity contribution in [3.8, 4) is 0 Å². The highest BCUT2D eigenvalue weighted by atomic mass is 16.3. The molecule has 0 aliphatic carbocycles. The van der Waals surface area contributed by atoms with Crippen LogP contribution in [0.15, 0.2) is 12.7 Å². The van der Waals surface area contributed by atoms with Gasteiger partial charge in [-0.15, -0.1) is 6.58 Å². The Balaban J connectivity index is 3.58. The Kier molecular flexibility index (Phi) is 1.99. The third-order valence-electron chi connectivity index (χ3n) is 0.853. The monoisotopic (exact) mass is 101 g/mol. The van der Waals surface area contributed by atoms with Gasteiger partial charge in [0.1, 0.15) is 0 Å². The fourth-order valence-corrected chi connectivity index (χ4v) is 0.0833. The molecule has 7 heavy (non-hydrogen) atoms. The Bertz CT molecular complexity index is 68.5. The molecule has 0 aliphatic rings. The first-order valence-electron chi connectivity index (χ1n) is 2.18. The van der Waals surface area contributed by atoms with Crippen LogP contribution in [0.2, 0.25) is 0 Å². The quantitative estimate of drug-likeness (QED) is 0.476. The molecule has 0 fully saturated rings. The van der Waals surface area contributed by atoms with Crippen molar-refractivity contribution in [2.75, 3.05) is 6.54 Å². The Morgan fingerprint density at radius 3 is 2.43 bits per heavy atom. The SMILES string of the molecule is C=C[C@](C)(O)CN. The third-order valence-corrected chi connectivity index (χ3v) is 0.853. The molecule has 0 saturated heterocycles. The molecule has 0 spiro atoms. The molecule has 1 atom stereocenters. The summed E-state index contributed by atoms with van der Waals surface area (Å²) >= 11 is 0. The maximum absolute atomic E-state index is 8.89. The van der Waals surface area contributed by atoms with Gasteiger partial charge in [0.25, 0.3) is 0 Å². The van der Waals surface area contributed by atoms with E-state index in [1.165, 1.54) is 6.08 Å². The highest BCUT2D eigenvalue weighted by Gasteiger charge is 2.09. The summed E-state index contributed by atoms with van der Waals surface area (Å²) < 4.78 is 0. The highest BCUT2D eigenvalue weighted by molar-refractivity contribution is 4.91. The highest BCUT2D eigenvalue weighted by Crippen LogP contribution is 1.98. The van der Waals surface area contributed by atoms with Gasteiger partial charge in [0.2, 0.25) is 0 Å². The summed E-state index contributed by atoms with van der Waals surface area (Å²) in [6, 6.07) is 0. The second-order valence-corrected chi connectivity index (χ2v) is 1.77. The van der Waals surface area contributed by atoms with Crippen molar-refractivity contribution in [2.45, 2.75) is 12.5 Å². The molecule has 0 aromatic heterocycles. The van der Waals surface area contributed by atoms with Crippen molar-refractivity contribution in [1.82, 2.24) is 0 Å². The maximum atomic E-state index is 8.89. The molecule has 0 radical (unpaired) electrons. The van der Waals surface area contributed by atoms with E-state index in [-0.39, 0.29) is 6.54 Å². The van der Waals surface area contributed by atoms with E-state index < -0.39 is 5.60 Å². The van der Waals surface area contributed by atoms with Gasteiger partial charge >= 0.3 is 0 Å². The van der Waals surface area contributed by atoms with Gasteiger partial charge in [-0.25, -0.2) is 0 Å². The fraction of sp³-hybridized carbons (Fsp3) is 0.600. The topological polar surface area (TPSA) is 46.2 Å². The molecular weight excluding hydrogens is 90.1 g/mol. The lowest BCUT2D eigenvalue weighted by atomic mass is 10.1. The van der Waals surface area contributed by atoms with Crippen LogP contribution < -0.4 is 5.73 Å². The Hall–Kier alpha value is -0.340. The molecule has 2 nitrogen and oxygen atoms in total. The number of hydrogen-bond acceptors (Lipinski definition) is 2. The first-order valence-corrected chi connectivity index (χ1v) is 2.18. The van der Waals surface area contributed by atoms with E-state index in [1.807, 2.05) is 0 Å². The molecular formula is C5H11NO. The molecule has 0 unspecified atom stereocenters. The summed E-state index contributed by atoms with van der Waals surface area (Å²) in [4.78, 5) is 0. The minimum Gasteiger partial charge on any atom is -0.385 e. The smallest absolute Gasteiger partial charge is 0.0918 e. The van der Waals surface area contributed by atoms with Crippen LogP contribution in [0, 0.1) is 0 Å². The summed E-state index contributed by atoms with van der Waals surface area (Å²) in [5, 5.41) is 8.89. The van der Waals surface area contributed by atoms with Gasteiger partial charge in [-0.3, -0.25) is 0 Å². The van der Waals surface area contributed by atoms with Gasteiger partial charge in [-0.05, 0) is 6.92 Å². The Morgan fingerprint density at radius 1 is 2.00 bits per heavy atom. The van der Waals surface area contributed by atoms with Crippen molar-refractivity contribution in [1.29, 1.82) is 0 Å². The predicted octanol–water partition coefficient (Wildman–Crippen LogP) is -0.118. The van der Waals surface area contributed by atoms with Gasteiger partial charge in [-0.2, -0.15) is 0 Å². The van der Waals surface area contributed by atoms with Crippen LogP contribution in [0.5, 0.6) is 0 Å². The standard InChI is InChI=1S/C5H11NO/c1-3-5(2,7)4-6/h3,7H,1,4,6H2,2H3/t5-/m0/s1. The van der Waals surface area contributed by atoms with Crippen LogP contribution in [-0.2, 0) is 0 Å². The molecule has 0 saturated carbocycles. The summed E-state index contributed by atoms with van der Waals surface area (Å²) in [5.74, 6) is 0. The summed E-state index contributed by atoms with van der Waals surface area (Å²) in [7, 11) is 0. The fourth-order valence-electron chi connectivity index (χ4n) is 0.0833. The van der Waals surface area contributed by atoms with Gasteiger partial charge in [0.15, 0.2) is 0 Å². The van der Waals surface area contributed by atoms with E-state index in [2.05, 4.69) is 6.58 Å². The zero-order valence-corrected chi connectivity index (χ0v) is 4.52. The van der Waals surface area contributed by atoms with E-state index in [1.54, 1.807) is 6.92 Å². The van der Waals surface area contributed by atoms with Crippen molar-refractivity contribution in [3.63, 3.8) is 0 Å². The van der Waals surface area contributed by atoms with Crippen molar-refractivity contribution in [2.24, 2.45) is 5.73 Å². The molecule has 0 aromatic rings. The van der Waals surface area contributed by atoms with Crippen molar-refractivity contribution >= 4 is 0 Å². The lowest BCUT2D eigenvalue weighted by molar-refractivity contribution is 0.121. The van der Waals surface area contributed by atoms with E-state index in [4.69, 9.17) is 10.8 Å². The predicted molar refractivity (Wildman–Crippen MR) is 29.9 cm³/mol. The number of aliphatic hydroxyl groups is 1. The van der Waals surface area contributed by atoms with Crippen LogP contribution in [0.4, 0.5) is 0 Å². The molecule has 0 bridgehead atoms.